The molecule has 1 rings (SSSR count). The maximum Gasteiger partial charge on any atom is 0.115 e. The number of aromatic hydroxyl groups is 1. The van der Waals surface area contributed by atoms with Crippen LogP contribution in [0.5, 0.6) is 5.75 Å². The van der Waals surface area contributed by atoms with Crippen LogP contribution in [0.25, 0.3) is 6.08 Å². The molecule has 0 aliphatic rings. The minimum atomic E-state index is 0.222. The van der Waals surface area contributed by atoms with Crippen molar-refractivity contribution in [3.63, 3.8) is 0 Å². The minimum absolute atomic E-state index is 0.222. The Bertz CT molecular complexity index is 335. The zero-order valence-electron chi connectivity index (χ0n) is 6.16. The molecular weight excluding hydrogens is 218 g/mol. The van der Waals surface area contributed by atoms with Crippen LogP contribution >= 0.6 is 15.9 Å². The molecule has 60 valence electrons. The number of benzene rings is 1. The Morgan fingerprint density at radius 1 is 1.42 bits per heavy atom. The van der Waals surface area contributed by atoms with E-state index in [-0.39, 0.29) is 5.75 Å². The van der Waals surface area contributed by atoms with E-state index in [2.05, 4.69) is 15.9 Å². The molecule has 0 unspecified atom stereocenters. The van der Waals surface area contributed by atoms with E-state index < -0.39 is 0 Å². The Hall–Kier alpha value is -1.27. The predicted octanol–water partition coefficient (Wildman–Crippen LogP) is 2.65. The van der Waals surface area contributed by atoms with E-state index in [9.17, 15) is 0 Å². The average Bonchev–Trinajstić information content (AvgIpc) is 2.09. The summed E-state index contributed by atoms with van der Waals surface area (Å²) in [5, 5.41) is 17.4. The van der Waals surface area contributed by atoms with Crippen molar-refractivity contribution in [1.82, 2.24) is 0 Å². The second-order valence-corrected chi connectivity index (χ2v) is 3.05. The highest BCUT2D eigenvalue weighted by Gasteiger charge is 1.90. The summed E-state index contributed by atoms with van der Waals surface area (Å²) in [4.78, 5) is 0. The summed E-state index contributed by atoms with van der Waals surface area (Å²) in [5.74, 6) is 0.222. The molecule has 1 N–H and O–H groups in total. The van der Waals surface area contributed by atoms with Crippen LogP contribution in [-0.4, -0.2) is 5.11 Å². The van der Waals surface area contributed by atoms with Gasteiger partial charge in [-0.05, 0) is 39.7 Å². The van der Waals surface area contributed by atoms with Gasteiger partial charge in [0.05, 0.1) is 4.48 Å². The number of hydrogen-bond acceptors (Lipinski definition) is 2. The molecular formula is C9H6BrNO. The number of nitriles is 1. The van der Waals surface area contributed by atoms with Crippen LogP contribution < -0.4 is 0 Å². The van der Waals surface area contributed by atoms with Crippen LogP contribution in [0.4, 0.5) is 0 Å². The molecule has 0 radical (unpaired) electrons. The standard InChI is InChI=1S/C9H6BrNO/c10-8(6-11)5-7-1-3-9(12)4-2-7/h1-5,12H/b8-5-. The number of hydrogen-bond donors (Lipinski definition) is 1. The van der Waals surface area contributed by atoms with Crippen molar-refractivity contribution < 1.29 is 5.11 Å². The summed E-state index contributed by atoms with van der Waals surface area (Å²) < 4.78 is 0.466. The molecule has 0 amide bonds. The average molecular weight is 224 g/mol. The van der Waals surface area contributed by atoms with Gasteiger partial charge in [-0.25, -0.2) is 0 Å². The van der Waals surface area contributed by atoms with Gasteiger partial charge in [0.2, 0.25) is 0 Å². The van der Waals surface area contributed by atoms with Gasteiger partial charge in [-0.1, -0.05) is 12.1 Å². The fourth-order valence-corrected chi connectivity index (χ4v) is 1.01. The van der Waals surface area contributed by atoms with Crippen LogP contribution in [0.15, 0.2) is 28.7 Å². The van der Waals surface area contributed by atoms with Crippen LogP contribution in [0, 0.1) is 11.3 Å². The monoisotopic (exact) mass is 223 g/mol. The first-order valence-corrected chi connectivity index (χ1v) is 4.08. The van der Waals surface area contributed by atoms with Gasteiger partial charge in [0, 0.05) is 0 Å². The number of rotatable bonds is 1. The molecule has 0 aliphatic heterocycles. The van der Waals surface area contributed by atoms with E-state index in [1.807, 2.05) is 6.07 Å². The topological polar surface area (TPSA) is 44.0 Å². The molecule has 1 aromatic carbocycles. The van der Waals surface area contributed by atoms with Gasteiger partial charge >= 0.3 is 0 Å². The normalized spacial score (nSPS) is 10.8. The van der Waals surface area contributed by atoms with Gasteiger partial charge in [0.25, 0.3) is 0 Å². The molecule has 0 fully saturated rings. The maximum atomic E-state index is 8.95. The first-order valence-electron chi connectivity index (χ1n) is 3.28. The van der Waals surface area contributed by atoms with Crippen molar-refractivity contribution in [3.05, 3.63) is 34.3 Å². The molecule has 0 saturated heterocycles. The molecule has 0 bridgehead atoms. The molecule has 1 aromatic rings. The summed E-state index contributed by atoms with van der Waals surface area (Å²) in [6.45, 7) is 0. The van der Waals surface area contributed by atoms with Gasteiger partial charge < -0.3 is 5.11 Å². The first kappa shape index (κ1) is 8.82. The zero-order valence-corrected chi connectivity index (χ0v) is 7.75. The van der Waals surface area contributed by atoms with Gasteiger partial charge in [0.1, 0.15) is 11.8 Å². The smallest absolute Gasteiger partial charge is 0.115 e. The molecule has 2 nitrogen and oxygen atoms in total. The predicted molar refractivity (Wildman–Crippen MR) is 50.6 cm³/mol. The Balaban J connectivity index is 2.93. The van der Waals surface area contributed by atoms with Crippen molar-refractivity contribution in [2.45, 2.75) is 0 Å². The van der Waals surface area contributed by atoms with Crippen molar-refractivity contribution >= 4 is 22.0 Å². The van der Waals surface area contributed by atoms with Gasteiger partial charge in [-0.15, -0.1) is 0 Å². The van der Waals surface area contributed by atoms with E-state index >= 15 is 0 Å². The SMILES string of the molecule is N#C/C(Br)=C/c1ccc(O)cc1. The highest BCUT2D eigenvalue weighted by atomic mass is 79.9. The third kappa shape index (κ3) is 2.40. The summed E-state index contributed by atoms with van der Waals surface area (Å²) >= 11 is 3.07. The summed E-state index contributed by atoms with van der Waals surface area (Å²) in [5.41, 5.74) is 0.876. The molecule has 3 heteroatoms. The van der Waals surface area contributed by atoms with Crippen LogP contribution in [-0.2, 0) is 0 Å². The number of nitrogens with zero attached hydrogens (tertiary/aromatic N) is 1. The largest absolute Gasteiger partial charge is 0.508 e. The lowest BCUT2D eigenvalue weighted by molar-refractivity contribution is 0.475. The van der Waals surface area contributed by atoms with E-state index in [0.29, 0.717) is 4.48 Å². The van der Waals surface area contributed by atoms with E-state index in [1.54, 1.807) is 30.3 Å². The highest BCUT2D eigenvalue weighted by molar-refractivity contribution is 9.12. The molecule has 0 aliphatic carbocycles. The van der Waals surface area contributed by atoms with Crippen LogP contribution in [0.1, 0.15) is 5.56 Å². The maximum absolute atomic E-state index is 8.95. The number of phenolic OH excluding ortho intramolecular Hbond substituents is 1. The van der Waals surface area contributed by atoms with E-state index in [4.69, 9.17) is 10.4 Å². The first-order chi connectivity index (χ1) is 5.72. The lowest BCUT2D eigenvalue weighted by Crippen LogP contribution is -1.71. The van der Waals surface area contributed by atoms with Crippen molar-refractivity contribution in [2.75, 3.05) is 0 Å². The zero-order chi connectivity index (χ0) is 8.97. The van der Waals surface area contributed by atoms with E-state index in [0.717, 1.165) is 5.56 Å². The minimum Gasteiger partial charge on any atom is -0.508 e. The fraction of sp³-hybridized carbons (Fsp3) is 0. The van der Waals surface area contributed by atoms with Gasteiger partial charge in [-0.3, -0.25) is 0 Å². The van der Waals surface area contributed by atoms with Crippen molar-refractivity contribution in [1.29, 1.82) is 5.26 Å². The molecule has 0 spiro atoms. The second kappa shape index (κ2) is 3.93. The lowest BCUT2D eigenvalue weighted by atomic mass is 10.2. The van der Waals surface area contributed by atoms with Crippen molar-refractivity contribution in [2.24, 2.45) is 0 Å². The fourth-order valence-electron chi connectivity index (χ4n) is 0.749. The lowest BCUT2D eigenvalue weighted by Gasteiger charge is -1.92. The third-order valence-corrected chi connectivity index (χ3v) is 1.70. The number of allylic oxidation sites excluding steroid dienone is 1. The quantitative estimate of drug-likeness (QED) is 0.745. The summed E-state index contributed by atoms with van der Waals surface area (Å²) in [6, 6.07) is 8.55. The molecule has 0 saturated carbocycles. The second-order valence-electron chi connectivity index (χ2n) is 2.20. The van der Waals surface area contributed by atoms with Gasteiger partial charge in [0.15, 0.2) is 0 Å². The van der Waals surface area contributed by atoms with Gasteiger partial charge in [-0.2, -0.15) is 5.26 Å². The molecule has 0 heterocycles. The van der Waals surface area contributed by atoms with Crippen molar-refractivity contribution in [3.8, 4) is 11.8 Å². The van der Waals surface area contributed by atoms with E-state index in [1.165, 1.54) is 0 Å². The molecule has 0 aromatic heterocycles. The highest BCUT2D eigenvalue weighted by Crippen LogP contribution is 2.14. The number of phenols is 1. The third-order valence-electron chi connectivity index (χ3n) is 1.29. The number of halogens is 1. The Morgan fingerprint density at radius 3 is 2.50 bits per heavy atom. The Labute approximate surface area is 78.9 Å². The Kier molecular flexibility index (Phi) is 2.89. The van der Waals surface area contributed by atoms with Crippen LogP contribution in [0.2, 0.25) is 0 Å². The summed E-state index contributed by atoms with van der Waals surface area (Å²) in [7, 11) is 0. The molecule has 12 heavy (non-hydrogen) atoms. The Morgan fingerprint density at radius 2 is 2.00 bits per heavy atom. The van der Waals surface area contributed by atoms with Crippen LogP contribution in [0.3, 0.4) is 0 Å². The summed E-state index contributed by atoms with van der Waals surface area (Å²) in [6.07, 6.45) is 1.68. The molecule has 0 atom stereocenters.